The van der Waals surface area contributed by atoms with Crippen molar-refractivity contribution in [3.63, 3.8) is 0 Å². The molecular weight excluding hydrogens is 299 g/mol. The summed E-state index contributed by atoms with van der Waals surface area (Å²) in [7, 11) is 0. The van der Waals surface area contributed by atoms with Crippen LogP contribution in [-0.2, 0) is 11.0 Å². The number of carbonyl (C=O) groups is 1. The summed E-state index contributed by atoms with van der Waals surface area (Å²) in [6.07, 6.45) is -3.97. The third-order valence-electron chi connectivity index (χ3n) is 2.59. The molecule has 4 N–H and O–H groups in total. The molecular formula is C13H12F3N5O. The monoisotopic (exact) mass is 311 g/mol. The number of halogens is 3. The van der Waals surface area contributed by atoms with Crippen LogP contribution in [0.1, 0.15) is 12.5 Å². The van der Waals surface area contributed by atoms with Gasteiger partial charge in [0.25, 0.3) is 0 Å². The molecule has 0 fully saturated rings. The Labute approximate surface area is 123 Å². The number of nitrogens with two attached hydrogens (primary N) is 1. The van der Waals surface area contributed by atoms with Gasteiger partial charge in [0, 0.05) is 24.5 Å². The Morgan fingerprint density at radius 3 is 2.27 bits per heavy atom. The van der Waals surface area contributed by atoms with E-state index in [9.17, 15) is 18.0 Å². The van der Waals surface area contributed by atoms with Crippen LogP contribution < -0.4 is 16.4 Å². The number of amides is 1. The molecule has 116 valence electrons. The lowest BCUT2D eigenvalue weighted by atomic mass is 10.2. The molecule has 1 amide bonds. The first-order valence-corrected chi connectivity index (χ1v) is 6.10. The van der Waals surface area contributed by atoms with Crippen LogP contribution >= 0.6 is 0 Å². The normalized spacial score (nSPS) is 11.1. The zero-order valence-electron chi connectivity index (χ0n) is 11.4. The molecule has 0 saturated heterocycles. The predicted octanol–water partition coefficient (Wildman–Crippen LogP) is 2.78. The van der Waals surface area contributed by atoms with Crippen LogP contribution in [0.15, 0.2) is 30.5 Å². The highest BCUT2D eigenvalue weighted by Crippen LogP contribution is 2.32. The van der Waals surface area contributed by atoms with Gasteiger partial charge in [0.2, 0.25) is 11.9 Å². The summed E-state index contributed by atoms with van der Waals surface area (Å²) < 4.78 is 37.6. The first-order valence-electron chi connectivity index (χ1n) is 6.10. The SMILES string of the molecule is CC(=O)Nc1ccc(Nc2ncc(C(F)(F)F)c(N)n2)cc1. The van der Waals surface area contributed by atoms with E-state index in [1.807, 2.05) is 0 Å². The van der Waals surface area contributed by atoms with Crippen LogP contribution in [0.5, 0.6) is 0 Å². The fourth-order valence-corrected chi connectivity index (χ4v) is 1.64. The molecule has 0 atom stereocenters. The van der Waals surface area contributed by atoms with Gasteiger partial charge < -0.3 is 16.4 Å². The van der Waals surface area contributed by atoms with E-state index in [1.165, 1.54) is 6.92 Å². The molecule has 0 bridgehead atoms. The first kappa shape index (κ1) is 15.5. The highest BCUT2D eigenvalue weighted by atomic mass is 19.4. The Bertz CT molecular complexity index is 685. The van der Waals surface area contributed by atoms with Crippen LogP contribution in [0.4, 0.5) is 36.3 Å². The molecule has 0 spiro atoms. The van der Waals surface area contributed by atoms with Crippen molar-refractivity contribution >= 4 is 29.0 Å². The summed E-state index contributed by atoms with van der Waals surface area (Å²) >= 11 is 0. The van der Waals surface area contributed by atoms with E-state index in [2.05, 4.69) is 20.6 Å². The van der Waals surface area contributed by atoms with E-state index in [-0.39, 0.29) is 11.9 Å². The largest absolute Gasteiger partial charge is 0.421 e. The van der Waals surface area contributed by atoms with Crippen LogP contribution in [0, 0.1) is 0 Å². The molecule has 0 aliphatic rings. The van der Waals surface area contributed by atoms with Crippen molar-refractivity contribution in [2.45, 2.75) is 13.1 Å². The van der Waals surface area contributed by atoms with Crippen molar-refractivity contribution in [2.75, 3.05) is 16.4 Å². The Kier molecular flexibility index (Phi) is 4.15. The molecule has 2 rings (SSSR count). The van der Waals surface area contributed by atoms with Gasteiger partial charge in [-0.2, -0.15) is 18.2 Å². The second-order valence-electron chi connectivity index (χ2n) is 4.37. The molecule has 0 aliphatic heterocycles. The van der Waals surface area contributed by atoms with E-state index in [0.29, 0.717) is 17.6 Å². The minimum Gasteiger partial charge on any atom is -0.383 e. The lowest BCUT2D eigenvalue weighted by molar-refractivity contribution is -0.137. The summed E-state index contributed by atoms with van der Waals surface area (Å²) in [6, 6.07) is 6.47. The Hall–Kier alpha value is -2.84. The van der Waals surface area contributed by atoms with Gasteiger partial charge in [-0.15, -0.1) is 0 Å². The zero-order valence-corrected chi connectivity index (χ0v) is 11.4. The van der Waals surface area contributed by atoms with Gasteiger partial charge in [0.15, 0.2) is 0 Å². The molecule has 1 aromatic carbocycles. The lowest BCUT2D eigenvalue weighted by Crippen LogP contribution is -2.12. The van der Waals surface area contributed by atoms with Gasteiger partial charge in [-0.25, -0.2) is 4.98 Å². The standard InChI is InChI=1S/C13H12F3N5O/c1-7(22)19-8-2-4-9(5-3-8)20-12-18-6-10(11(17)21-12)13(14,15)16/h2-6H,1H3,(H,19,22)(H3,17,18,20,21). The number of aromatic nitrogens is 2. The van der Waals surface area contributed by atoms with Gasteiger partial charge in [0.1, 0.15) is 11.4 Å². The molecule has 0 saturated carbocycles. The molecule has 1 heterocycles. The highest BCUT2D eigenvalue weighted by molar-refractivity contribution is 5.88. The number of nitrogens with zero attached hydrogens (tertiary/aromatic N) is 2. The van der Waals surface area contributed by atoms with Crippen LogP contribution in [0.3, 0.4) is 0 Å². The molecule has 0 aliphatic carbocycles. The Morgan fingerprint density at radius 2 is 1.77 bits per heavy atom. The van der Waals surface area contributed by atoms with Crippen molar-refractivity contribution < 1.29 is 18.0 Å². The quantitative estimate of drug-likeness (QED) is 0.810. The second-order valence-corrected chi connectivity index (χ2v) is 4.37. The summed E-state index contributed by atoms with van der Waals surface area (Å²) in [5.74, 6) is -0.919. The third-order valence-corrected chi connectivity index (χ3v) is 2.59. The molecule has 1 aromatic heterocycles. The summed E-state index contributed by atoms with van der Waals surface area (Å²) in [6.45, 7) is 1.38. The lowest BCUT2D eigenvalue weighted by Gasteiger charge is -2.11. The molecule has 0 unspecified atom stereocenters. The number of nitrogen functional groups attached to an aromatic ring is 1. The molecule has 22 heavy (non-hydrogen) atoms. The maximum Gasteiger partial charge on any atom is 0.421 e. The highest BCUT2D eigenvalue weighted by Gasteiger charge is 2.34. The van der Waals surface area contributed by atoms with E-state index >= 15 is 0 Å². The van der Waals surface area contributed by atoms with E-state index in [0.717, 1.165) is 0 Å². The number of anilines is 4. The molecule has 6 nitrogen and oxygen atoms in total. The Morgan fingerprint density at radius 1 is 1.18 bits per heavy atom. The minimum absolute atomic E-state index is 0.0576. The number of rotatable bonds is 3. The second kappa shape index (κ2) is 5.88. The van der Waals surface area contributed by atoms with E-state index in [4.69, 9.17) is 5.73 Å². The summed E-state index contributed by atoms with van der Waals surface area (Å²) in [4.78, 5) is 18.0. The number of benzene rings is 1. The van der Waals surface area contributed by atoms with Crippen molar-refractivity contribution in [3.8, 4) is 0 Å². The summed E-state index contributed by atoms with van der Waals surface area (Å²) in [5.41, 5.74) is 5.32. The molecule has 9 heteroatoms. The van der Waals surface area contributed by atoms with Gasteiger partial charge in [-0.3, -0.25) is 4.79 Å². The summed E-state index contributed by atoms with van der Waals surface area (Å²) in [5, 5.41) is 5.31. The van der Waals surface area contributed by atoms with Gasteiger partial charge in [-0.1, -0.05) is 0 Å². The molecule has 0 radical (unpaired) electrons. The maximum atomic E-state index is 12.5. The zero-order chi connectivity index (χ0) is 16.3. The van der Waals surface area contributed by atoms with Gasteiger partial charge in [-0.05, 0) is 24.3 Å². The number of carbonyl (C=O) groups excluding carboxylic acids is 1. The van der Waals surface area contributed by atoms with E-state index in [1.54, 1.807) is 24.3 Å². The van der Waals surface area contributed by atoms with E-state index < -0.39 is 17.6 Å². The smallest absolute Gasteiger partial charge is 0.383 e. The minimum atomic E-state index is -4.59. The average Bonchev–Trinajstić information content (AvgIpc) is 2.39. The molecule has 2 aromatic rings. The van der Waals surface area contributed by atoms with Crippen molar-refractivity contribution in [1.29, 1.82) is 0 Å². The number of alkyl halides is 3. The van der Waals surface area contributed by atoms with Gasteiger partial charge in [0.05, 0.1) is 0 Å². The predicted molar refractivity (Wildman–Crippen MR) is 75.5 cm³/mol. The van der Waals surface area contributed by atoms with Gasteiger partial charge >= 0.3 is 6.18 Å². The number of nitrogens with one attached hydrogen (secondary N) is 2. The maximum absolute atomic E-state index is 12.5. The topological polar surface area (TPSA) is 92.9 Å². The van der Waals surface area contributed by atoms with Crippen LogP contribution in [0.2, 0.25) is 0 Å². The fourth-order valence-electron chi connectivity index (χ4n) is 1.64. The fraction of sp³-hybridized carbons (Fsp3) is 0.154. The first-order chi connectivity index (χ1) is 10.3. The average molecular weight is 311 g/mol. The third kappa shape index (κ3) is 3.84. The Balaban J connectivity index is 2.14. The van der Waals surface area contributed by atoms with Crippen molar-refractivity contribution in [2.24, 2.45) is 0 Å². The van der Waals surface area contributed by atoms with Crippen LogP contribution in [-0.4, -0.2) is 15.9 Å². The van der Waals surface area contributed by atoms with Crippen LogP contribution in [0.25, 0.3) is 0 Å². The van der Waals surface area contributed by atoms with Crippen molar-refractivity contribution in [1.82, 2.24) is 9.97 Å². The van der Waals surface area contributed by atoms with Crippen molar-refractivity contribution in [3.05, 3.63) is 36.0 Å². The number of hydrogen-bond donors (Lipinski definition) is 3. The number of hydrogen-bond acceptors (Lipinski definition) is 5.